The van der Waals surface area contributed by atoms with Crippen LogP contribution in [-0.4, -0.2) is 24.7 Å². The van der Waals surface area contributed by atoms with Gasteiger partial charge >= 0.3 is 0 Å². The highest BCUT2D eigenvalue weighted by Gasteiger charge is 2.48. The first-order valence-corrected chi connectivity index (χ1v) is 5.68. The number of nitrogens with zero attached hydrogens (tertiary/aromatic N) is 1. The molecule has 1 unspecified atom stereocenters. The monoisotopic (exact) mass is 231 g/mol. The number of allylic oxidation sites excluding steroid dienone is 1. The van der Waals surface area contributed by atoms with E-state index < -0.39 is 5.41 Å². The zero-order valence-electron chi connectivity index (χ0n) is 10.2. The van der Waals surface area contributed by atoms with Gasteiger partial charge in [-0.3, -0.25) is 4.79 Å². The number of aryl methyl sites for hydroxylation is 1. The van der Waals surface area contributed by atoms with Gasteiger partial charge in [-0.25, -0.2) is 0 Å². The zero-order valence-corrected chi connectivity index (χ0v) is 10.2. The van der Waals surface area contributed by atoms with Crippen LogP contribution in [0.1, 0.15) is 17.5 Å². The molecule has 0 spiro atoms. The van der Waals surface area contributed by atoms with Crippen LogP contribution in [0.2, 0.25) is 0 Å². The van der Waals surface area contributed by atoms with Crippen molar-refractivity contribution in [1.82, 2.24) is 0 Å². The number of fused-ring (bicyclic) bond motifs is 1. The second kappa shape index (κ2) is 4.00. The average molecular weight is 231 g/mol. The third kappa shape index (κ3) is 1.50. The van der Waals surface area contributed by atoms with Gasteiger partial charge in [0.05, 0.1) is 6.61 Å². The molecule has 1 aliphatic heterocycles. The molecule has 1 atom stereocenters. The summed E-state index contributed by atoms with van der Waals surface area (Å²) in [7, 11) is 1.75. The van der Waals surface area contributed by atoms with E-state index in [4.69, 9.17) is 0 Å². The molecular weight excluding hydrogens is 214 g/mol. The summed E-state index contributed by atoms with van der Waals surface area (Å²) in [6.45, 7) is 5.49. The topological polar surface area (TPSA) is 40.5 Å². The van der Waals surface area contributed by atoms with Gasteiger partial charge in [-0.05, 0) is 25.0 Å². The molecule has 0 saturated heterocycles. The lowest BCUT2D eigenvalue weighted by atomic mass is 9.79. The van der Waals surface area contributed by atoms with Crippen LogP contribution in [-0.2, 0) is 10.2 Å². The van der Waals surface area contributed by atoms with Crippen LogP contribution in [0.5, 0.6) is 0 Å². The molecule has 90 valence electrons. The smallest absolute Gasteiger partial charge is 0.240 e. The SMILES string of the molecule is C=CCC1(CO)C(=O)N(C)c2ccc(C)cc21. The van der Waals surface area contributed by atoms with Crippen molar-refractivity contribution in [3.63, 3.8) is 0 Å². The Bertz CT molecular complexity index is 481. The molecule has 1 heterocycles. The normalized spacial score (nSPS) is 22.8. The quantitative estimate of drug-likeness (QED) is 0.805. The number of hydrogen-bond donors (Lipinski definition) is 1. The average Bonchev–Trinajstić information content (AvgIpc) is 2.52. The maximum absolute atomic E-state index is 12.3. The summed E-state index contributed by atoms with van der Waals surface area (Å²) in [5.41, 5.74) is 2.05. The van der Waals surface area contributed by atoms with Gasteiger partial charge in [0.2, 0.25) is 5.91 Å². The summed E-state index contributed by atoms with van der Waals surface area (Å²) in [5, 5.41) is 9.68. The fourth-order valence-electron chi connectivity index (χ4n) is 2.53. The summed E-state index contributed by atoms with van der Waals surface area (Å²) < 4.78 is 0. The molecule has 3 nitrogen and oxygen atoms in total. The number of benzene rings is 1. The van der Waals surface area contributed by atoms with Gasteiger partial charge in [-0.1, -0.05) is 23.8 Å². The Balaban J connectivity index is 2.66. The fraction of sp³-hybridized carbons (Fsp3) is 0.357. The number of likely N-dealkylation sites (N-methyl/N-ethyl adjacent to an activating group) is 1. The van der Waals surface area contributed by atoms with E-state index in [9.17, 15) is 9.90 Å². The van der Waals surface area contributed by atoms with Crippen LogP contribution in [0.4, 0.5) is 5.69 Å². The zero-order chi connectivity index (χ0) is 12.6. The number of aliphatic hydroxyl groups is 1. The number of carbonyl (C=O) groups is 1. The summed E-state index contributed by atoms with van der Waals surface area (Å²) >= 11 is 0. The molecule has 1 aromatic carbocycles. The van der Waals surface area contributed by atoms with E-state index >= 15 is 0 Å². The van der Waals surface area contributed by atoms with Gasteiger partial charge in [-0.2, -0.15) is 0 Å². The van der Waals surface area contributed by atoms with Gasteiger partial charge in [0, 0.05) is 12.7 Å². The van der Waals surface area contributed by atoms with Crippen molar-refractivity contribution in [2.75, 3.05) is 18.6 Å². The molecule has 1 aromatic rings. The molecule has 1 aliphatic rings. The molecule has 17 heavy (non-hydrogen) atoms. The summed E-state index contributed by atoms with van der Waals surface area (Å²) in [6.07, 6.45) is 2.16. The number of rotatable bonds is 3. The first kappa shape index (κ1) is 11.9. The molecule has 0 bridgehead atoms. The van der Waals surface area contributed by atoms with E-state index in [1.807, 2.05) is 25.1 Å². The highest BCUT2D eigenvalue weighted by atomic mass is 16.3. The van der Waals surface area contributed by atoms with Gasteiger partial charge in [0.15, 0.2) is 0 Å². The summed E-state index contributed by atoms with van der Waals surface area (Å²) in [6, 6.07) is 5.89. The minimum Gasteiger partial charge on any atom is -0.395 e. The highest BCUT2D eigenvalue weighted by Crippen LogP contribution is 2.43. The van der Waals surface area contributed by atoms with E-state index in [2.05, 4.69) is 6.58 Å². The molecule has 2 rings (SSSR count). The van der Waals surface area contributed by atoms with Crippen LogP contribution < -0.4 is 4.90 Å². The second-order valence-corrected chi connectivity index (χ2v) is 4.62. The Morgan fingerprint density at radius 2 is 2.24 bits per heavy atom. The molecule has 0 aliphatic carbocycles. The number of aliphatic hydroxyl groups excluding tert-OH is 1. The Morgan fingerprint density at radius 3 is 2.82 bits per heavy atom. The third-order valence-electron chi connectivity index (χ3n) is 3.51. The first-order valence-electron chi connectivity index (χ1n) is 5.68. The van der Waals surface area contributed by atoms with E-state index in [0.717, 1.165) is 16.8 Å². The van der Waals surface area contributed by atoms with Gasteiger partial charge in [-0.15, -0.1) is 6.58 Å². The number of amides is 1. The van der Waals surface area contributed by atoms with Crippen LogP contribution >= 0.6 is 0 Å². The van der Waals surface area contributed by atoms with Gasteiger partial charge in [0.25, 0.3) is 0 Å². The van der Waals surface area contributed by atoms with Crippen molar-refractivity contribution in [3.8, 4) is 0 Å². The molecule has 0 aromatic heterocycles. The van der Waals surface area contributed by atoms with Crippen molar-refractivity contribution in [2.24, 2.45) is 0 Å². The summed E-state index contributed by atoms with van der Waals surface area (Å²) in [4.78, 5) is 14.0. The first-order chi connectivity index (χ1) is 8.06. The lowest BCUT2D eigenvalue weighted by Crippen LogP contribution is -2.41. The van der Waals surface area contributed by atoms with Crippen LogP contribution in [0.3, 0.4) is 0 Å². The standard InChI is InChI=1S/C14H17NO2/c1-4-7-14(9-16)11-8-10(2)5-6-12(11)15(3)13(14)17/h4-6,8,16H,1,7,9H2,2-3H3. The molecule has 0 saturated carbocycles. The van der Waals surface area contributed by atoms with Crippen LogP contribution in [0, 0.1) is 6.92 Å². The molecule has 1 N–H and O–H groups in total. The highest BCUT2D eigenvalue weighted by molar-refractivity contribution is 6.08. The lowest BCUT2D eigenvalue weighted by Gasteiger charge is -2.24. The van der Waals surface area contributed by atoms with E-state index in [1.165, 1.54) is 0 Å². The Kier molecular flexibility index (Phi) is 2.79. The van der Waals surface area contributed by atoms with E-state index in [0.29, 0.717) is 6.42 Å². The lowest BCUT2D eigenvalue weighted by molar-refractivity contribution is -0.124. The number of hydrogen-bond acceptors (Lipinski definition) is 2. The van der Waals surface area contributed by atoms with Crippen molar-refractivity contribution >= 4 is 11.6 Å². The largest absolute Gasteiger partial charge is 0.395 e. The molecule has 1 amide bonds. The molecule has 0 fully saturated rings. The van der Waals surface area contributed by atoms with E-state index in [-0.39, 0.29) is 12.5 Å². The van der Waals surface area contributed by atoms with E-state index in [1.54, 1.807) is 18.0 Å². The predicted molar refractivity (Wildman–Crippen MR) is 68.2 cm³/mol. The Hall–Kier alpha value is -1.61. The molecule has 3 heteroatoms. The maximum atomic E-state index is 12.3. The van der Waals surface area contributed by atoms with Crippen molar-refractivity contribution < 1.29 is 9.90 Å². The van der Waals surface area contributed by atoms with Crippen molar-refractivity contribution in [1.29, 1.82) is 0 Å². The fourth-order valence-corrected chi connectivity index (χ4v) is 2.53. The number of carbonyl (C=O) groups excluding carboxylic acids is 1. The Morgan fingerprint density at radius 1 is 1.53 bits per heavy atom. The summed E-state index contributed by atoms with van der Waals surface area (Å²) in [5.74, 6) is -0.0551. The predicted octanol–water partition coefficient (Wildman–Crippen LogP) is 1.78. The van der Waals surface area contributed by atoms with Crippen molar-refractivity contribution in [2.45, 2.75) is 18.8 Å². The Labute approximate surface area is 101 Å². The minimum absolute atomic E-state index is 0.0551. The minimum atomic E-state index is -0.835. The molecule has 0 radical (unpaired) electrons. The third-order valence-corrected chi connectivity index (χ3v) is 3.51. The second-order valence-electron chi connectivity index (χ2n) is 4.62. The van der Waals surface area contributed by atoms with Gasteiger partial charge in [0.1, 0.15) is 5.41 Å². The number of anilines is 1. The van der Waals surface area contributed by atoms with Gasteiger partial charge < -0.3 is 10.0 Å². The van der Waals surface area contributed by atoms with Crippen LogP contribution in [0.25, 0.3) is 0 Å². The van der Waals surface area contributed by atoms with Crippen LogP contribution in [0.15, 0.2) is 30.9 Å². The van der Waals surface area contributed by atoms with Crippen molar-refractivity contribution in [3.05, 3.63) is 42.0 Å². The molecular formula is C14H17NO2. The maximum Gasteiger partial charge on any atom is 0.240 e.